The minimum absolute atomic E-state index is 0.107. The fourth-order valence-electron chi connectivity index (χ4n) is 5.56. The Hall–Kier alpha value is -2.75. The van der Waals surface area contributed by atoms with Gasteiger partial charge in [-0.25, -0.2) is 0 Å². The zero-order valence-corrected chi connectivity index (χ0v) is 21.5. The lowest BCUT2D eigenvalue weighted by atomic mass is 9.80. The summed E-state index contributed by atoms with van der Waals surface area (Å²) < 4.78 is 0. The number of benzene rings is 3. The Morgan fingerprint density at radius 3 is 2.12 bits per heavy atom. The van der Waals surface area contributed by atoms with Gasteiger partial charge in [0, 0.05) is 37.3 Å². The first-order valence-electron chi connectivity index (χ1n) is 12.4. The lowest BCUT2D eigenvalue weighted by Gasteiger charge is -2.52. The van der Waals surface area contributed by atoms with Crippen LogP contribution in [0.3, 0.4) is 0 Å². The summed E-state index contributed by atoms with van der Waals surface area (Å²) >= 11 is 0. The molecule has 34 heavy (non-hydrogen) atoms. The molecule has 0 aliphatic carbocycles. The van der Waals surface area contributed by atoms with Gasteiger partial charge in [0.15, 0.2) is 5.78 Å². The first-order valence-corrected chi connectivity index (χ1v) is 12.4. The number of nitrogens with zero attached hydrogens (tertiary/aromatic N) is 2. The van der Waals surface area contributed by atoms with Gasteiger partial charge >= 0.3 is 0 Å². The second kappa shape index (κ2) is 9.85. The van der Waals surface area contributed by atoms with Crippen molar-refractivity contribution in [2.24, 2.45) is 0 Å². The van der Waals surface area contributed by atoms with E-state index in [0.29, 0.717) is 12.1 Å². The Morgan fingerprint density at radius 2 is 1.50 bits per heavy atom. The van der Waals surface area contributed by atoms with Crippen molar-refractivity contribution in [3.8, 4) is 0 Å². The number of carbonyl (C=O) groups is 1. The van der Waals surface area contributed by atoms with Crippen molar-refractivity contribution in [1.29, 1.82) is 0 Å². The molecule has 3 aromatic carbocycles. The van der Waals surface area contributed by atoms with E-state index in [0.717, 1.165) is 25.2 Å². The molecule has 1 unspecified atom stereocenters. The van der Waals surface area contributed by atoms with Crippen molar-refractivity contribution in [2.45, 2.75) is 65.7 Å². The van der Waals surface area contributed by atoms with Crippen LogP contribution in [0.5, 0.6) is 0 Å². The van der Waals surface area contributed by atoms with Crippen LogP contribution in [0.1, 0.15) is 65.9 Å². The number of carbonyl (C=O) groups excluding carboxylic acids is 1. The Kier molecular flexibility index (Phi) is 7.06. The third-order valence-electron chi connectivity index (χ3n) is 7.59. The van der Waals surface area contributed by atoms with E-state index in [4.69, 9.17) is 0 Å². The molecule has 1 fully saturated rings. The molecular formula is C31H38N2O. The standard InChI is InChI=1S/C31H38N2O/c1-22-9-7-11-27(17-22)21-32-19-25(4)33(20-24(32)3)31(6,30-12-8-10-23(2)18-30)29-15-13-28(14-16-29)26(5)34/h7-18,24-25H,19-21H2,1-6H3/t24-,25+,31?/m1/s1. The maximum Gasteiger partial charge on any atom is 0.159 e. The quantitative estimate of drug-likeness (QED) is 0.405. The van der Waals surface area contributed by atoms with Gasteiger partial charge in [0.1, 0.15) is 0 Å². The monoisotopic (exact) mass is 454 g/mol. The fraction of sp³-hybridized carbons (Fsp3) is 0.387. The van der Waals surface area contributed by atoms with E-state index in [-0.39, 0.29) is 11.3 Å². The van der Waals surface area contributed by atoms with Gasteiger partial charge in [-0.2, -0.15) is 0 Å². The molecule has 1 aliphatic heterocycles. The third-order valence-corrected chi connectivity index (χ3v) is 7.59. The maximum absolute atomic E-state index is 11.9. The van der Waals surface area contributed by atoms with E-state index < -0.39 is 0 Å². The van der Waals surface area contributed by atoms with Crippen LogP contribution in [-0.2, 0) is 12.1 Å². The lowest BCUT2D eigenvalue weighted by Crippen LogP contribution is -2.62. The van der Waals surface area contributed by atoms with Crippen LogP contribution in [0.4, 0.5) is 0 Å². The second-order valence-corrected chi connectivity index (χ2v) is 10.3. The van der Waals surface area contributed by atoms with Crippen LogP contribution in [0, 0.1) is 13.8 Å². The summed E-state index contributed by atoms with van der Waals surface area (Å²) in [5.41, 5.74) is 6.97. The number of Topliss-reactive ketones (excluding diaryl/α,β-unsaturated/α-hetero) is 1. The van der Waals surface area contributed by atoms with Gasteiger partial charge in [0.05, 0.1) is 5.54 Å². The van der Waals surface area contributed by atoms with Crippen molar-refractivity contribution in [1.82, 2.24) is 9.80 Å². The number of rotatable bonds is 6. The molecule has 3 aromatic rings. The molecule has 178 valence electrons. The Labute approximate surface area is 205 Å². The summed E-state index contributed by atoms with van der Waals surface area (Å²) in [6.07, 6.45) is 0. The summed E-state index contributed by atoms with van der Waals surface area (Å²) in [5.74, 6) is 0.107. The Bertz CT molecular complexity index is 1150. The van der Waals surface area contributed by atoms with Crippen LogP contribution >= 0.6 is 0 Å². The van der Waals surface area contributed by atoms with E-state index >= 15 is 0 Å². The van der Waals surface area contributed by atoms with E-state index in [1.165, 1.54) is 27.8 Å². The largest absolute Gasteiger partial charge is 0.295 e. The van der Waals surface area contributed by atoms with Crippen LogP contribution in [0.25, 0.3) is 0 Å². The molecule has 0 spiro atoms. The topological polar surface area (TPSA) is 23.6 Å². The minimum Gasteiger partial charge on any atom is -0.295 e. The van der Waals surface area contributed by atoms with Crippen LogP contribution in [0.15, 0.2) is 72.8 Å². The number of hydrogen-bond donors (Lipinski definition) is 0. The van der Waals surface area contributed by atoms with E-state index in [2.05, 4.69) is 105 Å². The number of hydrogen-bond acceptors (Lipinski definition) is 3. The first-order chi connectivity index (χ1) is 16.2. The van der Waals surface area contributed by atoms with E-state index in [1.807, 2.05) is 12.1 Å². The molecule has 1 saturated heterocycles. The SMILES string of the molecule is CC(=O)c1ccc(C(C)(c2cccc(C)c2)N2C[C@@H](C)N(Cc3cccc(C)c3)C[C@@H]2C)cc1. The number of piperazine rings is 1. The average molecular weight is 455 g/mol. The van der Waals surface area contributed by atoms with Crippen LogP contribution in [0.2, 0.25) is 0 Å². The summed E-state index contributed by atoms with van der Waals surface area (Å²) in [7, 11) is 0. The third kappa shape index (κ3) is 4.87. The number of ketones is 1. The normalized spacial score (nSPS) is 21.2. The molecule has 3 nitrogen and oxygen atoms in total. The van der Waals surface area contributed by atoms with Crippen LogP contribution in [-0.4, -0.2) is 40.8 Å². The molecule has 1 aliphatic rings. The van der Waals surface area contributed by atoms with Crippen molar-refractivity contribution in [3.05, 3.63) is 106 Å². The molecule has 3 heteroatoms. The summed E-state index contributed by atoms with van der Waals surface area (Å²) in [5, 5.41) is 0. The molecule has 4 rings (SSSR count). The molecule has 1 heterocycles. The van der Waals surface area contributed by atoms with Gasteiger partial charge in [0.2, 0.25) is 0 Å². The Morgan fingerprint density at radius 1 is 0.853 bits per heavy atom. The molecular weight excluding hydrogens is 416 g/mol. The van der Waals surface area contributed by atoms with Gasteiger partial charge in [-0.1, -0.05) is 83.9 Å². The zero-order valence-electron chi connectivity index (χ0n) is 21.5. The first kappa shape index (κ1) is 24.4. The van der Waals surface area contributed by atoms with Gasteiger partial charge in [-0.3, -0.25) is 14.6 Å². The zero-order chi connectivity index (χ0) is 24.5. The molecule has 0 saturated carbocycles. The predicted molar refractivity (Wildman–Crippen MR) is 141 cm³/mol. The summed E-state index contributed by atoms with van der Waals surface area (Å²) in [4.78, 5) is 17.2. The summed E-state index contributed by atoms with van der Waals surface area (Å²) in [6.45, 7) is 16.0. The molecule has 3 atom stereocenters. The second-order valence-electron chi connectivity index (χ2n) is 10.3. The molecule has 0 amide bonds. The van der Waals surface area contributed by atoms with Crippen molar-refractivity contribution < 1.29 is 4.79 Å². The summed E-state index contributed by atoms with van der Waals surface area (Å²) in [6, 6.07) is 26.8. The molecule has 0 bridgehead atoms. The fourth-order valence-corrected chi connectivity index (χ4v) is 5.56. The van der Waals surface area contributed by atoms with Gasteiger partial charge < -0.3 is 0 Å². The van der Waals surface area contributed by atoms with Crippen molar-refractivity contribution >= 4 is 5.78 Å². The molecule has 0 aromatic heterocycles. The van der Waals surface area contributed by atoms with Gasteiger partial charge in [0.25, 0.3) is 0 Å². The van der Waals surface area contributed by atoms with Crippen LogP contribution < -0.4 is 0 Å². The van der Waals surface area contributed by atoms with Crippen molar-refractivity contribution in [2.75, 3.05) is 13.1 Å². The number of aryl methyl sites for hydroxylation is 2. The molecule has 0 radical (unpaired) electrons. The van der Waals surface area contributed by atoms with Gasteiger partial charge in [-0.15, -0.1) is 0 Å². The predicted octanol–water partition coefficient (Wildman–Crippen LogP) is 6.36. The van der Waals surface area contributed by atoms with E-state index in [1.54, 1.807) is 6.92 Å². The minimum atomic E-state index is -0.287. The average Bonchev–Trinajstić information content (AvgIpc) is 2.81. The molecule has 0 N–H and O–H groups in total. The highest BCUT2D eigenvalue weighted by Crippen LogP contribution is 2.39. The van der Waals surface area contributed by atoms with E-state index in [9.17, 15) is 4.79 Å². The Balaban J connectivity index is 1.68. The highest BCUT2D eigenvalue weighted by Gasteiger charge is 2.42. The van der Waals surface area contributed by atoms with Crippen molar-refractivity contribution in [3.63, 3.8) is 0 Å². The smallest absolute Gasteiger partial charge is 0.159 e. The lowest BCUT2D eigenvalue weighted by molar-refractivity contribution is -0.0152. The maximum atomic E-state index is 11.9. The van der Waals surface area contributed by atoms with Gasteiger partial charge in [-0.05, 0) is 58.2 Å². The highest BCUT2D eigenvalue weighted by molar-refractivity contribution is 5.94. The highest BCUT2D eigenvalue weighted by atomic mass is 16.1.